The molecule has 1 heterocycles. The molecule has 0 fully saturated rings. The number of methoxy groups -OCH3 is 1. The zero-order chi connectivity index (χ0) is 11.9. The smallest absolute Gasteiger partial charge is 0.178 e. The van der Waals surface area contributed by atoms with E-state index in [1.807, 2.05) is 0 Å². The Morgan fingerprint density at radius 3 is 3.14 bits per heavy atom. The molecule has 1 aromatic carbocycles. The molecule has 5 heteroatoms. The molecule has 0 aliphatic rings. The van der Waals surface area contributed by atoms with E-state index in [1.165, 1.54) is 19.2 Å². The average molecular weight is 196 g/mol. The van der Waals surface area contributed by atoms with E-state index in [9.17, 15) is 5.11 Å². The van der Waals surface area contributed by atoms with Crippen LogP contribution < -0.4 is 10.5 Å². The van der Waals surface area contributed by atoms with Gasteiger partial charge in [-0.2, -0.15) is 0 Å². The Hall–Kier alpha value is -1.75. The Bertz CT molecular complexity index is 533. The Kier molecular flexibility index (Phi) is 1.52. The maximum atomic E-state index is 9.26. The lowest BCUT2D eigenvalue weighted by Gasteiger charge is -2.03. The Balaban J connectivity index is 2.75. The van der Waals surface area contributed by atoms with E-state index in [0.29, 0.717) is 11.1 Å². The highest BCUT2D eigenvalue weighted by Gasteiger charge is 2.12. The van der Waals surface area contributed by atoms with Crippen molar-refractivity contribution in [2.45, 2.75) is 6.56 Å². The van der Waals surface area contributed by atoms with E-state index in [0.717, 1.165) is 0 Å². The van der Waals surface area contributed by atoms with Gasteiger partial charge in [0.05, 0.1) is 16.4 Å². The van der Waals surface area contributed by atoms with E-state index in [4.69, 9.17) is 17.7 Å². The number of aliphatic hydroxyl groups is 1. The summed E-state index contributed by atoms with van der Waals surface area (Å²) in [6.45, 7) is -2.47. The van der Waals surface area contributed by atoms with Gasteiger partial charge in [0.25, 0.3) is 0 Å². The number of fused-ring (bicyclic) bond motifs is 1. The first-order chi connectivity index (χ1) is 7.43. The number of anilines is 1. The lowest BCUT2D eigenvalue weighted by Crippen LogP contribution is -1.91. The third-order valence-electron chi connectivity index (χ3n) is 1.91. The number of aromatic nitrogens is 1. The molecule has 5 nitrogen and oxygen atoms in total. The van der Waals surface area contributed by atoms with Crippen molar-refractivity contribution in [1.29, 1.82) is 0 Å². The van der Waals surface area contributed by atoms with Crippen molar-refractivity contribution in [3.05, 3.63) is 17.7 Å². The molecule has 0 amide bonds. The van der Waals surface area contributed by atoms with Crippen LogP contribution in [0.3, 0.4) is 0 Å². The van der Waals surface area contributed by atoms with Crippen LogP contribution in [0.15, 0.2) is 16.7 Å². The molecule has 3 N–H and O–H groups in total. The largest absolute Gasteiger partial charge is 0.496 e. The number of hydrogen-bond donors (Lipinski definition) is 2. The molecule has 0 saturated carbocycles. The van der Waals surface area contributed by atoms with Gasteiger partial charge in [0.1, 0.15) is 11.1 Å². The normalized spacial score (nSPS) is 13.9. The van der Waals surface area contributed by atoms with Crippen molar-refractivity contribution < 1.29 is 17.1 Å². The minimum atomic E-state index is -2.47. The van der Waals surface area contributed by atoms with E-state index in [1.54, 1.807) is 0 Å². The van der Waals surface area contributed by atoms with Gasteiger partial charge in [-0.15, -0.1) is 0 Å². The Morgan fingerprint density at radius 1 is 1.71 bits per heavy atom. The number of ether oxygens (including phenoxy) is 1. The number of rotatable bonds is 2. The molecule has 0 saturated heterocycles. The lowest BCUT2D eigenvalue weighted by molar-refractivity contribution is 0.281. The molecular weight excluding hydrogens is 184 g/mol. The second-order valence-electron chi connectivity index (χ2n) is 2.73. The topological polar surface area (TPSA) is 81.5 Å². The number of hydrogen-bond acceptors (Lipinski definition) is 5. The highest BCUT2D eigenvalue weighted by molar-refractivity contribution is 5.93. The molecular formula is C9H10N2O3. The summed E-state index contributed by atoms with van der Waals surface area (Å²) in [5, 5.41) is 13.3. The molecule has 0 atom stereocenters. The number of nitrogens with two attached hydrogens (primary N) is 1. The predicted molar refractivity (Wildman–Crippen MR) is 50.9 cm³/mol. The highest BCUT2D eigenvalue weighted by Crippen LogP contribution is 2.31. The maximum Gasteiger partial charge on any atom is 0.178 e. The van der Waals surface area contributed by atoms with Gasteiger partial charge in [0.15, 0.2) is 11.4 Å². The third-order valence-corrected chi connectivity index (χ3v) is 1.91. The average Bonchev–Trinajstić information content (AvgIpc) is 2.58. The third kappa shape index (κ3) is 1.18. The maximum absolute atomic E-state index is 9.26. The molecule has 0 aliphatic carbocycles. The monoisotopic (exact) mass is 196 g/mol. The van der Waals surface area contributed by atoms with Gasteiger partial charge in [-0.3, -0.25) is 0 Å². The molecule has 2 aromatic rings. The van der Waals surface area contributed by atoms with Crippen LogP contribution >= 0.6 is 0 Å². The molecule has 0 spiro atoms. The second-order valence-corrected chi connectivity index (χ2v) is 2.73. The van der Waals surface area contributed by atoms with Gasteiger partial charge in [-0.25, -0.2) is 0 Å². The van der Waals surface area contributed by atoms with E-state index >= 15 is 0 Å². The molecule has 74 valence electrons. The zero-order valence-electron chi connectivity index (χ0n) is 9.44. The van der Waals surface area contributed by atoms with Crippen LogP contribution in [-0.2, 0) is 6.56 Å². The zero-order valence-corrected chi connectivity index (χ0v) is 7.44. The standard InChI is InChI=1S/C9H10N2O3/c1-13-6-2-5(4-12)3-7-8(6)9(10)11-14-7/h2-3,12H,4H2,1H3,(H2,10,11)/i4D2. The minimum absolute atomic E-state index is 0.0213. The summed E-state index contributed by atoms with van der Waals surface area (Å²) >= 11 is 0. The first-order valence-corrected chi connectivity index (χ1v) is 3.89. The van der Waals surface area contributed by atoms with Crippen molar-refractivity contribution in [3.63, 3.8) is 0 Å². The molecule has 0 unspecified atom stereocenters. The van der Waals surface area contributed by atoms with Crippen LogP contribution in [0.2, 0.25) is 0 Å². The number of nitrogen functional groups attached to an aromatic ring is 1. The number of nitrogens with zero attached hydrogens (tertiary/aromatic N) is 1. The fourth-order valence-corrected chi connectivity index (χ4v) is 1.28. The molecule has 0 bridgehead atoms. The quantitative estimate of drug-likeness (QED) is 0.746. The van der Waals surface area contributed by atoms with Crippen molar-refractivity contribution in [2.24, 2.45) is 0 Å². The fraction of sp³-hybridized carbons (Fsp3) is 0.222. The summed E-state index contributed by atoms with van der Waals surface area (Å²) in [6, 6.07) is 2.69. The van der Waals surface area contributed by atoms with E-state index in [2.05, 4.69) is 5.16 Å². The van der Waals surface area contributed by atoms with E-state index in [-0.39, 0.29) is 17.0 Å². The number of benzene rings is 1. The van der Waals surface area contributed by atoms with Crippen LogP contribution in [-0.4, -0.2) is 17.4 Å². The molecule has 0 aliphatic heterocycles. The molecule has 14 heavy (non-hydrogen) atoms. The summed E-state index contributed by atoms with van der Waals surface area (Å²) < 4.78 is 24.3. The van der Waals surface area contributed by atoms with Crippen molar-refractivity contribution >= 4 is 16.8 Å². The van der Waals surface area contributed by atoms with Crippen LogP contribution in [0.4, 0.5) is 5.82 Å². The molecule has 2 rings (SSSR count). The van der Waals surface area contributed by atoms with Gasteiger partial charge in [0, 0.05) is 0 Å². The fourth-order valence-electron chi connectivity index (χ4n) is 1.28. The Morgan fingerprint density at radius 2 is 2.50 bits per heavy atom. The van der Waals surface area contributed by atoms with Gasteiger partial charge in [-0.1, -0.05) is 5.16 Å². The Labute approximate surface area is 82.9 Å². The van der Waals surface area contributed by atoms with Crippen molar-refractivity contribution in [3.8, 4) is 5.75 Å². The van der Waals surface area contributed by atoms with Gasteiger partial charge < -0.3 is 20.1 Å². The summed E-state index contributed by atoms with van der Waals surface area (Å²) in [4.78, 5) is 0. The van der Waals surface area contributed by atoms with Crippen molar-refractivity contribution in [2.75, 3.05) is 12.8 Å². The van der Waals surface area contributed by atoms with Gasteiger partial charge in [0.2, 0.25) is 0 Å². The summed E-state index contributed by atoms with van der Waals surface area (Å²) in [7, 11) is 1.41. The first kappa shape index (κ1) is 6.67. The summed E-state index contributed by atoms with van der Waals surface area (Å²) in [6.07, 6.45) is 0. The van der Waals surface area contributed by atoms with Crippen LogP contribution in [0, 0.1) is 0 Å². The lowest BCUT2D eigenvalue weighted by atomic mass is 10.1. The van der Waals surface area contributed by atoms with Gasteiger partial charge in [-0.05, 0) is 17.7 Å². The molecule has 0 radical (unpaired) electrons. The highest BCUT2D eigenvalue weighted by atomic mass is 16.5. The van der Waals surface area contributed by atoms with Crippen LogP contribution in [0.1, 0.15) is 8.30 Å². The van der Waals surface area contributed by atoms with E-state index < -0.39 is 6.56 Å². The first-order valence-electron chi connectivity index (χ1n) is 4.89. The minimum Gasteiger partial charge on any atom is -0.496 e. The summed E-state index contributed by atoms with van der Waals surface area (Å²) in [5.41, 5.74) is 5.86. The SMILES string of the molecule is [2H]C([2H])(O)c1cc(OC)c2c(N)noc2c1. The molecule has 1 aromatic heterocycles. The van der Waals surface area contributed by atoms with Crippen molar-refractivity contribution in [1.82, 2.24) is 5.16 Å². The van der Waals surface area contributed by atoms with Crippen LogP contribution in [0.25, 0.3) is 11.0 Å². The summed E-state index contributed by atoms with van der Waals surface area (Å²) in [5.74, 6) is 0.473. The second kappa shape index (κ2) is 3.19. The van der Waals surface area contributed by atoms with Crippen LogP contribution in [0.5, 0.6) is 5.75 Å². The predicted octanol–water partition coefficient (Wildman–Crippen LogP) is 0.911. The van der Waals surface area contributed by atoms with Gasteiger partial charge >= 0.3 is 0 Å².